The second-order valence-corrected chi connectivity index (χ2v) is 8.62. The van der Waals surface area contributed by atoms with Crippen LogP contribution in [0.3, 0.4) is 0 Å². The maximum atomic E-state index is 13.8. The Morgan fingerprint density at radius 2 is 2.03 bits per heavy atom. The third kappa shape index (κ3) is 4.96. The molecule has 0 atom stereocenters. The highest BCUT2D eigenvalue weighted by atomic mass is 127. The fourth-order valence-electron chi connectivity index (χ4n) is 2.72. The molecular formula is C21H15BrFIN2O3S. The first-order valence-corrected chi connectivity index (χ1v) is 10.9. The van der Waals surface area contributed by atoms with E-state index in [9.17, 15) is 14.0 Å². The Balaban J connectivity index is 1.86. The van der Waals surface area contributed by atoms with Crippen LogP contribution in [0.4, 0.5) is 4.39 Å². The predicted octanol–water partition coefficient (Wildman–Crippen LogP) is 4.58. The molecule has 0 saturated carbocycles. The molecule has 5 nitrogen and oxygen atoms in total. The van der Waals surface area contributed by atoms with Crippen molar-refractivity contribution in [2.24, 2.45) is 0 Å². The summed E-state index contributed by atoms with van der Waals surface area (Å²) in [4.78, 5) is 26.2. The molecule has 1 fully saturated rings. The third-order valence-electron chi connectivity index (χ3n) is 4.16. The highest BCUT2D eigenvalue weighted by Crippen LogP contribution is 2.33. The Morgan fingerprint density at radius 1 is 1.30 bits per heavy atom. The van der Waals surface area contributed by atoms with E-state index in [4.69, 9.17) is 17.0 Å². The van der Waals surface area contributed by atoms with Gasteiger partial charge in [-0.15, -0.1) is 6.58 Å². The Bertz CT molecular complexity index is 1070. The van der Waals surface area contributed by atoms with E-state index >= 15 is 0 Å². The van der Waals surface area contributed by atoms with Gasteiger partial charge in [-0.3, -0.25) is 19.8 Å². The number of ether oxygens (including phenoxy) is 1. The number of halogens is 3. The molecule has 1 saturated heterocycles. The molecule has 0 bridgehead atoms. The van der Waals surface area contributed by atoms with Crippen LogP contribution >= 0.6 is 50.7 Å². The lowest BCUT2D eigenvalue weighted by Crippen LogP contribution is -2.53. The summed E-state index contributed by atoms with van der Waals surface area (Å²) in [5, 5.41) is 2.56. The number of benzene rings is 2. The Labute approximate surface area is 200 Å². The van der Waals surface area contributed by atoms with Gasteiger partial charge in [0.2, 0.25) is 0 Å². The van der Waals surface area contributed by atoms with Crippen LogP contribution in [0, 0.1) is 9.39 Å². The van der Waals surface area contributed by atoms with Crippen LogP contribution in [0.2, 0.25) is 0 Å². The van der Waals surface area contributed by atoms with Gasteiger partial charge in [0.15, 0.2) is 5.11 Å². The number of carbonyl (C=O) groups is 2. The molecule has 9 heteroatoms. The maximum absolute atomic E-state index is 13.8. The Kier molecular flexibility index (Phi) is 7.37. The summed E-state index contributed by atoms with van der Waals surface area (Å²) in [7, 11) is 0. The van der Waals surface area contributed by atoms with E-state index in [1.54, 1.807) is 30.3 Å². The highest BCUT2D eigenvalue weighted by molar-refractivity contribution is 14.1. The van der Waals surface area contributed by atoms with Crippen LogP contribution in [-0.2, 0) is 16.2 Å². The molecule has 1 N–H and O–H groups in total. The number of nitrogens with zero attached hydrogens (tertiary/aromatic N) is 1. The number of hydrogen-bond acceptors (Lipinski definition) is 4. The minimum Gasteiger partial charge on any atom is -0.486 e. The lowest BCUT2D eigenvalue weighted by molar-refractivity contribution is -0.128. The molecule has 30 heavy (non-hydrogen) atoms. The van der Waals surface area contributed by atoms with Crippen LogP contribution in [0.5, 0.6) is 5.75 Å². The average molecular weight is 601 g/mol. The van der Waals surface area contributed by atoms with Gasteiger partial charge in [-0.25, -0.2) is 4.39 Å². The third-order valence-corrected chi connectivity index (χ3v) is 5.87. The summed E-state index contributed by atoms with van der Waals surface area (Å²) in [6.45, 7) is 3.86. The molecule has 1 heterocycles. The summed E-state index contributed by atoms with van der Waals surface area (Å²) in [5.74, 6) is -0.852. The first kappa shape index (κ1) is 22.6. The largest absolute Gasteiger partial charge is 0.486 e. The van der Waals surface area contributed by atoms with E-state index in [1.165, 1.54) is 23.1 Å². The van der Waals surface area contributed by atoms with Crippen molar-refractivity contribution < 1.29 is 18.7 Å². The molecule has 2 aromatic carbocycles. The number of carbonyl (C=O) groups excluding carboxylic acids is 2. The fraction of sp³-hybridized carbons (Fsp3) is 0.0952. The lowest BCUT2D eigenvalue weighted by Gasteiger charge is -2.27. The number of amides is 2. The zero-order chi connectivity index (χ0) is 21.8. The van der Waals surface area contributed by atoms with E-state index in [-0.39, 0.29) is 29.7 Å². The number of hydrogen-bond donors (Lipinski definition) is 1. The lowest BCUT2D eigenvalue weighted by atomic mass is 10.1. The first-order chi connectivity index (χ1) is 14.3. The van der Waals surface area contributed by atoms with Gasteiger partial charge in [0.1, 0.15) is 23.7 Å². The predicted molar refractivity (Wildman–Crippen MR) is 128 cm³/mol. The molecule has 0 unspecified atom stereocenters. The molecule has 1 aliphatic heterocycles. The van der Waals surface area contributed by atoms with Crippen molar-refractivity contribution in [1.29, 1.82) is 0 Å². The molecular weight excluding hydrogens is 586 g/mol. The maximum Gasteiger partial charge on any atom is 0.265 e. The van der Waals surface area contributed by atoms with Crippen molar-refractivity contribution in [2.45, 2.75) is 6.61 Å². The summed E-state index contributed by atoms with van der Waals surface area (Å²) in [5.41, 5.74) is 1.02. The standard InChI is InChI=1S/C21H15BrFIN2O3S/c1-2-7-26-20(28)14(19(27)25-21(26)30)8-12-9-15(22)18(17(24)10-12)29-11-13-5-3-4-6-16(13)23/h2-6,8-10H,1,7,11H2,(H,25,27,30)/b14-8+. The number of thiocarbonyl (C=S) groups is 1. The van der Waals surface area contributed by atoms with E-state index in [2.05, 4.69) is 50.4 Å². The molecule has 0 aliphatic carbocycles. The van der Waals surface area contributed by atoms with Crippen molar-refractivity contribution in [2.75, 3.05) is 6.54 Å². The smallest absolute Gasteiger partial charge is 0.265 e. The van der Waals surface area contributed by atoms with Crippen LogP contribution in [-0.4, -0.2) is 28.4 Å². The second-order valence-electron chi connectivity index (χ2n) is 6.22. The molecule has 2 aromatic rings. The quantitative estimate of drug-likeness (QED) is 0.173. The van der Waals surface area contributed by atoms with Gasteiger partial charge in [0.05, 0.1) is 8.04 Å². The molecule has 1 aliphatic rings. The van der Waals surface area contributed by atoms with Gasteiger partial charge in [-0.1, -0.05) is 24.3 Å². The number of nitrogens with one attached hydrogen (secondary N) is 1. The van der Waals surface area contributed by atoms with E-state index in [0.29, 0.717) is 21.3 Å². The monoisotopic (exact) mass is 600 g/mol. The molecule has 0 aromatic heterocycles. The van der Waals surface area contributed by atoms with Crippen LogP contribution < -0.4 is 10.1 Å². The first-order valence-electron chi connectivity index (χ1n) is 8.67. The van der Waals surface area contributed by atoms with Crippen LogP contribution in [0.1, 0.15) is 11.1 Å². The van der Waals surface area contributed by atoms with Crippen molar-refractivity contribution in [3.8, 4) is 5.75 Å². The average Bonchev–Trinajstić information content (AvgIpc) is 2.69. The normalized spacial score (nSPS) is 15.4. The Hall–Kier alpha value is -2.11. The van der Waals surface area contributed by atoms with Crippen molar-refractivity contribution in [3.05, 3.63) is 79.6 Å². The van der Waals surface area contributed by atoms with E-state index in [1.807, 2.05) is 0 Å². The zero-order valence-corrected chi connectivity index (χ0v) is 20.0. The minimum atomic E-state index is -0.559. The SMILES string of the molecule is C=CCN1C(=O)/C(=C/c2cc(Br)c(OCc3ccccc3F)c(I)c2)C(=O)NC1=S. The van der Waals surface area contributed by atoms with E-state index < -0.39 is 11.8 Å². The molecule has 3 rings (SSSR count). The van der Waals surface area contributed by atoms with Gasteiger partial charge >= 0.3 is 0 Å². The topological polar surface area (TPSA) is 58.6 Å². The zero-order valence-electron chi connectivity index (χ0n) is 15.5. The van der Waals surface area contributed by atoms with Crippen molar-refractivity contribution >= 4 is 73.7 Å². The summed E-state index contributed by atoms with van der Waals surface area (Å²) in [6, 6.07) is 9.87. The van der Waals surface area contributed by atoms with Crippen molar-refractivity contribution in [1.82, 2.24) is 10.2 Å². The van der Waals surface area contributed by atoms with Gasteiger partial charge in [0, 0.05) is 12.1 Å². The van der Waals surface area contributed by atoms with Gasteiger partial charge < -0.3 is 4.74 Å². The fourth-order valence-corrected chi connectivity index (χ4v) is 4.74. The summed E-state index contributed by atoms with van der Waals surface area (Å²) >= 11 is 10.6. The number of rotatable bonds is 6. The molecule has 154 valence electrons. The Morgan fingerprint density at radius 3 is 2.70 bits per heavy atom. The van der Waals surface area contributed by atoms with Gasteiger partial charge in [0.25, 0.3) is 11.8 Å². The van der Waals surface area contributed by atoms with Gasteiger partial charge in [-0.05, 0) is 80.6 Å². The van der Waals surface area contributed by atoms with E-state index in [0.717, 1.165) is 3.57 Å². The van der Waals surface area contributed by atoms with Gasteiger partial charge in [-0.2, -0.15) is 0 Å². The van der Waals surface area contributed by atoms with Crippen LogP contribution in [0.15, 0.2) is 59.1 Å². The molecule has 0 spiro atoms. The highest BCUT2D eigenvalue weighted by Gasteiger charge is 2.32. The minimum absolute atomic E-state index is 0.0341. The second kappa shape index (κ2) is 9.80. The molecule has 2 amide bonds. The van der Waals surface area contributed by atoms with Crippen molar-refractivity contribution in [3.63, 3.8) is 0 Å². The van der Waals surface area contributed by atoms with Crippen LogP contribution in [0.25, 0.3) is 6.08 Å². The summed E-state index contributed by atoms with van der Waals surface area (Å²) < 4.78 is 20.9. The molecule has 0 radical (unpaired) electrons. The summed E-state index contributed by atoms with van der Waals surface area (Å²) in [6.07, 6.45) is 3.02.